The van der Waals surface area contributed by atoms with Crippen LogP contribution in [0.1, 0.15) is 32.6 Å². The number of hydrogen-bond donors (Lipinski definition) is 2. The van der Waals surface area contributed by atoms with Crippen LogP contribution in [0, 0.1) is 11.3 Å². The number of ether oxygens (including phenoxy) is 1. The minimum atomic E-state index is -0.743. The van der Waals surface area contributed by atoms with Gasteiger partial charge < -0.3 is 20.1 Å². The molecule has 2 heterocycles. The number of rotatable bonds is 5. The van der Waals surface area contributed by atoms with Crippen molar-refractivity contribution in [3.05, 3.63) is 0 Å². The lowest BCUT2D eigenvalue weighted by molar-refractivity contribution is -0.145. The van der Waals surface area contributed by atoms with Crippen LogP contribution in [0.3, 0.4) is 0 Å². The minimum absolute atomic E-state index is 0.0782. The fourth-order valence-corrected chi connectivity index (χ4v) is 3.00. The van der Waals surface area contributed by atoms with Crippen LogP contribution in [0.2, 0.25) is 0 Å². The van der Waals surface area contributed by atoms with Gasteiger partial charge in [-0.1, -0.05) is 6.92 Å². The van der Waals surface area contributed by atoms with Crippen molar-refractivity contribution in [1.82, 2.24) is 10.2 Å². The predicted molar refractivity (Wildman–Crippen MR) is 78.0 cm³/mol. The van der Waals surface area contributed by atoms with E-state index in [9.17, 15) is 9.59 Å². The number of carboxylic acids is 1. The molecule has 0 atom stereocenters. The Morgan fingerprint density at radius 2 is 1.90 bits per heavy atom. The summed E-state index contributed by atoms with van der Waals surface area (Å²) in [7, 11) is 0. The maximum atomic E-state index is 12.1. The predicted octanol–water partition coefficient (Wildman–Crippen LogP) is 0.716. The molecule has 1 amide bonds. The van der Waals surface area contributed by atoms with E-state index in [4.69, 9.17) is 9.84 Å². The van der Waals surface area contributed by atoms with Gasteiger partial charge in [-0.25, -0.2) is 0 Å². The van der Waals surface area contributed by atoms with E-state index < -0.39 is 5.97 Å². The highest BCUT2D eigenvalue weighted by Gasteiger charge is 2.29. The Hall–Kier alpha value is -1.14. The molecule has 0 saturated carbocycles. The monoisotopic (exact) mass is 298 g/mol. The summed E-state index contributed by atoms with van der Waals surface area (Å²) in [4.78, 5) is 24.8. The van der Waals surface area contributed by atoms with Gasteiger partial charge in [0.2, 0.25) is 5.91 Å². The summed E-state index contributed by atoms with van der Waals surface area (Å²) in [5.74, 6) is -0.953. The van der Waals surface area contributed by atoms with E-state index in [1.165, 1.54) is 0 Å². The number of likely N-dealkylation sites (tertiary alicyclic amines) is 1. The van der Waals surface area contributed by atoms with Crippen molar-refractivity contribution in [2.45, 2.75) is 32.6 Å². The SMILES string of the molecule is CC1(CNCC(=O)N2CCC(C(=O)O)CC2)CCOCC1. The summed E-state index contributed by atoms with van der Waals surface area (Å²) >= 11 is 0. The van der Waals surface area contributed by atoms with E-state index in [1.54, 1.807) is 4.90 Å². The molecular formula is C15H26N2O4. The Morgan fingerprint density at radius 1 is 1.29 bits per heavy atom. The standard InChI is InChI=1S/C15H26N2O4/c1-15(4-8-21-9-5-15)11-16-10-13(18)17-6-2-12(3-7-17)14(19)20/h12,16H,2-11H2,1H3,(H,19,20). The third kappa shape index (κ3) is 4.68. The number of carbonyl (C=O) groups is 2. The van der Waals surface area contributed by atoms with E-state index in [2.05, 4.69) is 12.2 Å². The van der Waals surface area contributed by atoms with Crippen molar-refractivity contribution in [2.24, 2.45) is 11.3 Å². The summed E-state index contributed by atoms with van der Waals surface area (Å²) in [6.07, 6.45) is 3.18. The van der Waals surface area contributed by atoms with Crippen LogP contribution in [0.5, 0.6) is 0 Å². The number of nitrogens with zero attached hydrogens (tertiary/aromatic N) is 1. The van der Waals surface area contributed by atoms with Crippen molar-refractivity contribution in [2.75, 3.05) is 39.4 Å². The topological polar surface area (TPSA) is 78.9 Å². The maximum Gasteiger partial charge on any atom is 0.306 e. The molecule has 0 unspecified atom stereocenters. The highest BCUT2D eigenvalue weighted by molar-refractivity contribution is 5.78. The first-order valence-electron chi connectivity index (χ1n) is 7.79. The highest BCUT2D eigenvalue weighted by atomic mass is 16.5. The first kappa shape index (κ1) is 16.2. The lowest BCUT2D eigenvalue weighted by atomic mass is 9.82. The number of carboxylic acid groups (broad SMARTS) is 1. The molecule has 2 aliphatic rings. The summed E-state index contributed by atoms with van der Waals surface area (Å²) in [6, 6.07) is 0. The molecule has 21 heavy (non-hydrogen) atoms. The number of hydrogen-bond acceptors (Lipinski definition) is 4. The zero-order valence-corrected chi connectivity index (χ0v) is 12.8. The van der Waals surface area contributed by atoms with E-state index in [0.29, 0.717) is 32.5 Å². The molecule has 0 aliphatic carbocycles. The molecule has 120 valence electrons. The Labute approximate surface area is 125 Å². The van der Waals surface area contributed by atoms with Crippen molar-refractivity contribution in [3.8, 4) is 0 Å². The second-order valence-corrected chi connectivity index (χ2v) is 6.52. The van der Waals surface area contributed by atoms with Crippen LogP contribution in [-0.4, -0.2) is 61.3 Å². The Balaban J connectivity index is 1.67. The third-order valence-corrected chi connectivity index (χ3v) is 4.72. The Bertz CT molecular complexity index is 372. The number of nitrogens with one attached hydrogen (secondary N) is 1. The number of amides is 1. The second kappa shape index (κ2) is 7.22. The molecule has 2 aliphatic heterocycles. The highest BCUT2D eigenvalue weighted by Crippen LogP contribution is 2.28. The zero-order valence-electron chi connectivity index (χ0n) is 12.8. The second-order valence-electron chi connectivity index (χ2n) is 6.52. The van der Waals surface area contributed by atoms with Crippen LogP contribution in [0.25, 0.3) is 0 Å². The lowest BCUT2D eigenvalue weighted by Crippen LogP contribution is -2.46. The largest absolute Gasteiger partial charge is 0.481 e. The molecule has 2 saturated heterocycles. The van der Waals surface area contributed by atoms with Gasteiger partial charge in [0.15, 0.2) is 0 Å². The summed E-state index contributed by atoms with van der Waals surface area (Å²) in [6.45, 7) is 6.11. The zero-order chi connectivity index (χ0) is 15.3. The maximum absolute atomic E-state index is 12.1. The molecule has 0 aromatic carbocycles. The van der Waals surface area contributed by atoms with Crippen LogP contribution < -0.4 is 5.32 Å². The van der Waals surface area contributed by atoms with Gasteiger partial charge in [0, 0.05) is 32.8 Å². The normalized spacial score (nSPS) is 23.0. The lowest BCUT2D eigenvalue weighted by Gasteiger charge is -2.34. The van der Waals surface area contributed by atoms with Gasteiger partial charge in [0.05, 0.1) is 12.5 Å². The van der Waals surface area contributed by atoms with E-state index in [0.717, 1.165) is 32.6 Å². The molecule has 2 rings (SSSR count). The summed E-state index contributed by atoms with van der Waals surface area (Å²) < 4.78 is 5.37. The van der Waals surface area contributed by atoms with Crippen LogP contribution in [-0.2, 0) is 14.3 Å². The fraction of sp³-hybridized carbons (Fsp3) is 0.867. The molecule has 0 aromatic heterocycles. The average molecular weight is 298 g/mol. The van der Waals surface area contributed by atoms with Crippen LogP contribution in [0.4, 0.5) is 0 Å². The first-order chi connectivity index (χ1) is 10.0. The van der Waals surface area contributed by atoms with Crippen molar-refractivity contribution >= 4 is 11.9 Å². The molecular weight excluding hydrogens is 272 g/mol. The van der Waals surface area contributed by atoms with Gasteiger partial charge in [-0.2, -0.15) is 0 Å². The van der Waals surface area contributed by atoms with Crippen molar-refractivity contribution in [3.63, 3.8) is 0 Å². The molecule has 0 aromatic rings. The number of piperidine rings is 1. The molecule has 6 nitrogen and oxygen atoms in total. The van der Waals surface area contributed by atoms with Gasteiger partial charge in [-0.15, -0.1) is 0 Å². The number of aliphatic carboxylic acids is 1. The molecule has 2 fully saturated rings. The minimum Gasteiger partial charge on any atom is -0.481 e. The van der Waals surface area contributed by atoms with E-state index in [-0.39, 0.29) is 17.2 Å². The van der Waals surface area contributed by atoms with E-state index in [1.807, 2.05) is 0 Å². The summed E-state index contributed by atoms with van der Waals surface area (Å²) in [5, 5.41) is 12.2. The van der Waals surface area contributed by atoms with Crippen LogP contribution in [0.15, 0.2) is 0 Å². The number of carbonyl (C=O) groups excluding carboxylic acids is 1. The molecule has 0 radical (unpaired) electrons. The first-order valence-corrected chi connectivity index (χ1v) is 7.79. The molecule has 0 bridgehead atoms. The van der Waals surface area contributed by atoms with Gasteiger partial charge in [0.25, 0.3) is 0 Å². The average Bonchev–Trinajstić information content (AvgIpc) is 2.48. The summed E-state index contributed by atoms with van der Waals surface area (Å²) in [5.41, 5.74) is 0.217. The molecule has 6 heteroatoms. The molecule has 0 spiro atoms. The Morgan fingerprint density at radius 3 is 2.48 bits per heavy atom. The van der Waals surface area contributed by atoms with Gasteiger partial charge in [-0.05, 0) is 31.1 Å². The smallest absolute Gasteiger partial charge is 0.306 e. The molecule has 2 N–H and O–H groups in total. The third-order valence-electron chi connectivity index (χ3n) is 4.72. The van der Waals surface area contributed by atoms with Crippen molar-refractivity contribution < 1.29 is 19.4 Å². The van der Waals surface area contributed by atoms with Crippen molar-refractivity contribution in [1.29, 1.82) is 0 Å². The van der Waals surface area contributed by atoms with Gasteiger partial charge in [-0.3, -0.25) is 9.59 Å². The Kier molecular flexibility index (Phi) is 5.58. The van der Waals surface area contributed by atoms with E-state index >= 15 is 0 Å². The fourth-order valence-electron chi connectivity index (χ4n) is 3.00. The van der Waals surface area contributed by atoms with Gasteiger partial charge >= 0.3 is 5.97 Å². The quantitative estimate of drug-likeness (QED) is 0.782. The van der Waals surface area contributed by atoms with Crippen LogP contribution >= 0.6 is 0 Å². The van der Waals surface area contributed by atoms with Gasteiger partial charge in [0.1, 0.15) is 0 Å².